The second-order valence-corrected chi connectivity index (χ2v) is 4.15. The van der Waals surface area contributed by atoms with Crippen LogP contribution in [0.25, 0.3) is 0 Å². The molecule has 4 nitrogen and oxygen atoms in total. The summed E-state index contributed by atoms with van der Waals surface area (Å²) in [4.78, 5) is 6.10. The van der Waals surface area contributed by atoms with Gasteiger partial charge in [0.2, 0.25) is 0 Å². The van der Waals surface area contributed by atoms with Crippen LogP contribution in [0.5, 0.6) is 0 Å². The third-order valence-electron chi connectivity index (χ3n) is 2.75. The van der Waals surface area contributed by atoms with E-state index in [0.29, 0.717) is 17.1 Å². The lowest BCUT2D eigenvalue weighted by atomic mass is 10.2. The van der Waals surface area contributed by atoms with E-state index in [1.807, 2.05) is 43.1 Å². The Kier molecular flexibility index (Phi) is 3.16. The van der Waals surface area contributed by atoms with Gasteiger partial charge < -0.3 is 10.6 Å². The molecule has 0 aliphatic heterocycles. The maximum Gasteiger partial charge on any atom is 0.150 e. The van der Waals surface area contributed by atoms with E-state index in [-0.39, 0.29) is 0 Å². The molecule has 0 saturated heterocycles. The van der Waals surface area contributed by atoms with E-state index in [4.69, 9.17) is 11.0 Å². The van der Waals surface area contributed by atoms with Crippen molar-refractivity contribution in [3.8, 4) is 6.07 Å². The molecular formula is C14H14N4. The minimum absolute atomic E-state index is 0.470. The first-order valence-electron chi connectivity index (χ1n) is 5.58. The second-order valence-electron chi connectivity index (χ2n) is 4.15. The average Bonchev–Trinajstić information content (AvgIpc) is 2.38. The zero-order chi connectivity index (χ0) is 13.1. The van der Waals surface area contributed by atoms with E-state index < -0.39 is 0 Å². The number of aryl methyl sites for hydroxylation is 1. The molecule has 90 valence electrons. The van der Waals surface area contributed by atoms with Crippen LogP contribution in [0.15, 0.2) is 36.5 Å². The van der Waals surface area contributed by atoms with Crippen molar-refractivity contribution in [2.24, 2.45) is 0 Å². The number of aromatic nitrogens is 1. The standard InChI is InChI=1S/C14H14N4/c1-10-3-5-13(6-4-10)18(2)14-11(8-15)7-12(16)9-17-14/h3-7,9H,16H2,1-2H3. The van der Waals surface area contributed by atoms with E-state index in [9.17, 15) is 0 Å². The first-order chi connectivity index (χ1) is 8.61. The summed E-state index contributed by atoms with van der Waals surface area (Å²) < 4.78 is 0. The number of nitrogens with zero attached hydrogens (tertiary/aromatic N) is 3. The van der Waals surface area contributed by atoms with Crippen molar-refractivity contribution >= 4 is 17.2 Å². The monoisotopic (exact) mass is 238 g/mol. The topological polar surface area (TPSA) is 65.9 Å². The Labute approximate surface area is 106 Å². The summed E-state index contributed by atoms with van der Waals surface area (Å²) >= 11 is 0. The molecule has 2 aromatic rings. The molecule has 1 aromatic carbocycles. The largest absolute Gasteiger partial charge is 0.397 e. The van der Waals surface area contributed by atoms with Gasteiger partial charge in [0.15, 0.2) is 5.82 Å². The highest BCUT2D eigenvalue weighted by Gasteiger charge is 2.11. The highest BCUT2D eigenvalue weighted by Crippen LogP contribution is 2.25. The Hall–Kier alpha value is -2.54. The van der Waals surface area contributed by atoms with Gasteiger partial charge in [0.1, 0.15) is 6.07 Å². The average molecular weight is 238 g/mol. The summed E-state index contributed by atoms with van der Waals surface area (Å²) in [6, 6.07) is 11.8. The number of hydrogen-bond donors (Lipinski definition) is 1. The molecule has 0 unspecified atom stereocenters. The van der Waals surface area contributed by atoms with Gasteiger partial charge in [-0.15, -0.1) is 0 Å². The van der Waals surface area contributed by atoms with Crippen molar-refractivity contribution < 1.29 is 0 Å². The van der Waals surface area contributed by atoms with Crippen molar-refractivity contribution in [2.45, 2.75) is 6.92 Å². The number of anilines is 3. The van der Waals surface area contributed by atoms with Gasteiger partial charge in [0.05, 0.1) is 17.4 Å². The normalized spacial score (nSPS) is 9.83. The lowest BCUT2D eigenvalue weighted by Crippen LogP contribution is -2.13. The van der Waals surface area contributed by atoms with Crippen LogP contribution in [0.1, 0.15) is 11.1 Å². The van der Waals surface area contributed by atoms with Crippen molar-refractivity contribution in [1.82, 2.24) is 4.98 Å². The fraction of sp³-hybridized carbons (Fsp3) is 0.143. The third kappa shape index (κ3) is 2.25. The Morgan fingerprint density at radius 3 is 2.56 bits per heavy atom. The fourth-order valence-corrected chi connectivity index (χ4v) is 1.71. The van der Waals surface area contributed by atoms with E-state index in [0.717, 1.165) is 5.69 Å². The zero-order valence-electron chi connectivity index (χ0n) is 10.4. The van der Waals surface area contributed by atoms with Gasteiger partial charge in [-0.2, -0.15) is 5.26 Å². The number of nitrogen functional groups attached to an aromatic ring is 1. The van der Waals surface area contributed by atoms with Gasteiger partial charge >= 0.3 is 0 Å². The molecule has 0 aliphatic carbocycles. The fourth-order valence-electron chi connectivity index (χ4n) is 1.71. The molecule has 18 heavy (non-hydrogen) atoms. The molecule has 1 heterocycles. The zero-order valence-corrected chi connectivity index (χ0v) is 10.4. The van der Waals surface area contributed by atoms with Crippen LogP contribution in [0.2, 0.25) is 0 Å². The first-order valence-corrected chi connectivity index (χ1v) is 5.58. The van der Waals surface area contributed by atoms with E-state index in [1.54, 1.807) is 12.3 Å². The number of nitrogens with two attached hydrogens (primary N) is 1. The summed E-state index contributed by atoms with van der Waals surface area (Å²) in [5, 5.41) is 9.11. The molecule has 0 aliphatic rings. The quantitative estimate of drug-likeness (QED) is 0.873. The van der Waals surface area contributed by atoms with Crippen LogP contribution in [-0.2, 0) is 0 Å². The van der Waals surface area contributed by atoms with Crippen molar-refractivity contribution in [3.05, 3.63) is 47.7 Å². The Bertz CT molecular complexity index is 596. The van der Waals surface area contributed by atoms with Gasteiger partial charge in [-0.05, 0) is 25.1 Å². The molecule has 0 bridgehead atoms. The minimum atomic E-state index is 0.470. The molecule has 0 fully saturated rings. The van der Waals surface area contributed by atoms with Gasteiger partial charge in [0, 0.05) is 12.7 Å². The lowest BCUT2D eigenvalue weighted by molar-refractivity contribution is 1.12. The molecule has 2 rings (SSSR count). The van der Waals surface area contributed by atoms with Crippen LogP contribution in [0.4, 0.5) is 17.2 Å². The van der Waals surface area contributed by atoms with Crippen molar-refractivity contribution in [1.29, 1.82) is 5.26 Å². The third-order valence-corrected chi connectivity index (χ3v) is 2.75. The second kappa shape index (κ2) is 4.76. The summed E-state index contributed by atoms with van der Waals surface area (Å²) in [5.41, 5.74) is 8.77. The Morgan fingerprint density at radius 2 is 1.94 bits per heavy atom. The SMILES string of the molecule is Cc1ccc(N(C)c2ncc(N)cc2C#N)cc1. The van der Waals surface area contributed by atoms with Crippen LogP contribution in [0, 0.1) is 18.3 Å². The lowest BCUT2D eigenvalue weighted by Gasteiger charge is -2.19. The summed E-state index contributed by atoms with van der Waals surface area (Å²) in [5.74, 6) is 0.607. The molecule has 0 saturated carbocycles. The predicted octanol–water partition coefficient (Wildman–Crippen LogP) is 2.61. The van der Waals surface area contributed by atoms with Crippen LogP contribution >= 0.6 is 0 Å². The predicted molar refractivity (Wildman–Crippen MR) is 72.6 cm³/mol. The number of nitriles is 1. The summed E-state index contributed by atoms with van der Waals surface area (Å²) in [6.45, 7) is 2.03. The minimum Gasteiger partial charge on any atom is -0.397 e. The van der Waals surface area contributed by atoms with E-state index in [1.165, 1.54) is 5.56 Å². The molecule has 2 N–H and O–H groups in total. The number of rotatable bonds is 2. The smallest absolute Gasteiger partial charge is 0.150 e. The maximum absolute atomic E-state index is 9.11. The molecule has 0 atom stereocenters. The molecular weight excluding hydrogens is 224 g/mol. The number of benzene rings is 1. The van der Waals surface area contributed by atoms with Gasteiger partial charge in [0.25, 0.3) is 0 Å². The van der Waals surface area contributed by atoms with Gasteiger partial charge in [-0.25, -0.2) is 4.98 Å². The Morgan fingerprint density at radius 1 is 1.28 bits per heavy atom. The number of pyridine rings is 1. The highest BCUT2D eigenvalue weighted by atomic mass is 15.2. The van der Waals surface area contributed by atoms with Gasteiger partial charge in [-0.3, -0.25) is 0 Å². The van der Waals surface area contributed by atoms with Crippen LogP contribution in [0.3, 0.4) is 0 Å². The van der Waals surface area contributed by atoms with Gasteiger partial charge in [-0.1, -0.05) is 17.7 Å². The van der Waals surface area contributed by atoms with Crippen LogP contribution < -0.4 is 10.6 Å². The summed E-state index contributed by atoms with van der Waals surface area (Å²) in [7, 11) is 1.88. The number of hydrogen-bond acceptors (Lipinski definition) is 4. The van der Waals surface area contributed by atoms with Crippen LogP contribution in [-0.4, -0.2) is 12.0 Å². The van der Waals surface area contributed by atoms with Crippen molar-refractivity contribution in [3.63, 3.8) is 0 Å². The summed E-state index contributed by atoms with van der Waals surface area (Å²) in [6.07, 6.45) is 1.56. The molecule has 0 amide bonds. The van der Waals surface area contributed by atoms with E-state index >= 15 is 0 Å². The molecule has 1 aromatic heterocycles. The molecule has 0 radical (unpaired) electrons. The maximum atomic E-state index is 9.11. The van der Waals surface area contributed by atoms with Crippen molar-refractivity contribution in [2.75, 3.05) is 17.7 Å². The van der Waals surface area contributed by atoms with E-state index in [2.05, 4.69) is 11.1 Å². The Balaban J connectivity index is 2.43. The first kappa shape index (κ1) is 11.9. The molecule has 0 spiro atoms. The molecule has 4 heteroatoms. The highest BCUT2D eigenvalue weighted by molar-refractivity contribution is 5.67.